The monoisotopic (exact) mass is 277 g/mol. The SMILES string of the molecule is CC(C)NCc1nnc(-c2cc3c(s2)CCCC3)o1. The lowest BCUT2D eigenvalue weighted by Gasteiger charge is -2.08. The van der Waals surface area contributed by atoms with Gasteiger partial charge in [-0.2, -0.15) is 0 Å². The summed E-state index contributed by atoms with van der Waals surface area (Å²) in [5, 5.41) is 11.5. The van der Waals surface area contributed by atoms with Crippen LogP contribution in [-0.4, -0.2) is 16.2 Å². The number of aryl methyl sites for hydroxylation is 2. The Morgan fingerprint density at radius 3 is 2.95 bits per heavy atom. The summed E-state index contributed by atoms with van der Waals surface area (Å²) >= 11 is 1.81. The van der Waals surface area contributed by atoms with Gasteiger partial charge in [-0.15, -0.1) is 21.5 Å². The second kappa shape index (κ2) is 5.43. The lowest BCUT2D eigenvalue weighted by Crippen LogP contribution is -2.21. The van der Waals surface area contributed by atoms with Crippen molar-refractivity contribution in [2.75, 3.05) is 0 Å². The van der Waals surface area contributed by atoms with Gasteiger partial charge in [0.15, 0.2) is 0 Å². The van der Waals surface area contributed by atoms with Gasteiger partial charge < -0.3 is 9.73 Å². The first-order valence-corrected chi connectivity index (χ1v) is 7.72. The average molecular weight is 277 g/mol. The van der Waals surface area contributed by atoms with Crippen molar-refractivity contribution in [1.82, 2.24) is 15.5 Å². The predicted octanol–water partition coefficient (Wildman–Crippen LogP) is 3.17. The average Bonchev–Trinajstić information content (AvgIpc) is 3.02. The Bertz CT molecular complexity index is 535. The molecule has 102 valence electrons. The maximum atomic E-state index is 5.72. The van der Waals surface area contributed by atoms with E-state index in [0.717, 1.165) is 4.88 Å². The van der Waals surface area contributed by atoms with Gasteiger partial charge in [-0.3, -0.25) is 0 Å². The van der Waals surface area contributed by atoms with E-state index in [1.54, 1.807) is 0 Å². The third kappa shape index (κ3) is 2.87. The van der Waals surface area contributed by atoms with Gasteiger partial charge in [0.05, 0.1) is 11.4 Å². The van der Waals surface area contributed by atoms with Crippen molar-refractivity contribution in [3.63, 3.8) is 0 Å². The highest BCUT2D eigenvalue weighted by molar-refractivity contribution is 7.15. The molecule has 0 aromatic carbocycles. The second-order valence-electron chi connectivity index (χ2n) is 5.30. The van der Waals surface area contributed by atoms with Gasteiger partial charge >= 0.3 is 0 Å². The number of aromatic nitrogens is 2. The summed E-state index contributed by atoms with van der Waals surface area (Å²) in [5.74, 6) is 1.33. The molecule has 1 aliphatic rings. The Morgan fingerprint density at radius 1 is 1.32 bits per heavy atom. The molecule has 0 bridgehead atoms. The van der Waals surface area contributed by atoms with Crippen LogP contribution < -0.4 is 5.32 Å². The van der Waals surface area contributed by atoms with Crippen LogP contribution in [0.4, 0.5) is 0 Å². The van der Waals surface area contributed by atoms with Gasteiger partial charge in [0.1, 0.15) is 0 Å². The quantitative estimate of drug-likeness (QED) is 0.932. The van der Waals surface area contributed by atoms with E-state index in [-0.39, 0.29) is 0 Å². The molecule has 0 atom stereocenters. The molecule has 1 N–H and O–H groups in total. The van der Waals surface area contributed by atoms with E-state index in [0.29, 0.717) is 24.4 Å². The van der Waals surface area contributed by atoms with E-state index in [1.807, 2.05) is 11.3 Å². The molecule has 1 aliphatic carbocycles. The first kappa shape index (κ1) is 12.8. The molecule has 5 heteroatoms. The van der Waals surface area contributed by atoms with Crippen molar-refractivity contribution in [2.24, 2.45) is 0 Å². The van der Waals surface area contributed by atoms with E-state index < -0.39 is 0 Å². The fourth-order valence-corrected chi connectivity index (χ4v) is 3.49. The van der Waals surface area contributed by atoms with Crippen molar-refractivity contribution in [2.45, 2.75) is 52.1 Å². The second-order valence-corrected chi connectivity index (χ2v) is 6.44. The molecule has 0 amide bonds. The number of rotatable bonds is 4. The van der Waals surface area contributed by atoms with Gasteiger partial charge in [-0.25, -0.2) is 0 Å². The minimum atomic E-state index is 0.421. The molecule has 0 radical (unpaired) electrons. The van der Waals surface area contributed by atoms with E-state index >= 15 is 0 Å². The summed E-state index contributed by atoms with van der Waals surface area (Å²) in [5.41, 5.74) is 1.48. The zero-order valence-corrected chi connectivity index (χ0v) is 12.2. The van der Waals surface area contributed by atoms with Crippen LogP contribution in [0.15, 0.2) is 10.5 Å². The Hall–Kier alpha value is -1.20. The molecule has 0 spiro atoms. The lowest BCUT2D eigenvalue weighted by molar-refractivity contribution is 0.459. The summed E-state index contributed by atoms with van der Waals surface area (Å²) < 4.78 is 5.72. The number of fused-ring (bicyclic) bond motifs is 1. The molecule has 0 unspecified atom stereocenters. The van der Waals surface area contributed by atoms with Crippen LogP contribution in [0.5, 0.6) is 0 Å². The normalized spacial score (nSPS) is 14.9. The number of hydrogen-bond donors (Lipinski definition) is 1. The Labute approximate surface area is 117 Å². The number of nitrogens with one attached hydrogen (secondary N) is 1. The third-order valence-electron chi connectivity index (χ3n) is 3.34. The largest absolute Gasteiger partial charge is 0.419 e. The van der Waals surface area contributed by atoms with Crippen LogP contribution >= 0.6 is 11.3 Å². The van der Waals surface area contributed by atoms with Crippen LogP contribution in [0.1, 0.15) is 43.0 Å². The standard InChI is InChI=1S/C14H19N3OS/c1-9(2)15-8-13-16-17-14(18-13)12-7-10-5-3-4-6-11(10)19-12/h7,9,15H,3-6,8H2,1-2H3. The van der Waals surface area contributed by atoms with Crippen molar-refractivity contribution < 1.29 is 4.42 Å². The molecule has 2 aromatic rings. The number of hydrogen-bond acceptors (Lipinski definition) is 5. The van der Waals surface area contributed by atoms with Gasteiger partial charge in [0, 0.05) is 10.9 Å². The fourth-order valence-electron chi connectivity index (χ4n) is 2.31. The maximum absolute atomic E-state index is 5.72. The molecule has 0 saturated heterocycles. The molecule has 0 aliphatic heterocycles. The first-order chi connectivity index (χ1) is 9.22. The minimum Gasteiger partial charge on any atom is -0.419 e. The Morgan fingerprint density at radius 2 is 2.16 bits per heavy atom. The summed E-state index contributed by atoms with van der Waals surface area (Å²) in [6.07, 6.45) is 5.01. The Balaban J connectivity index is 1.76. The maximum Gasteiger partial charge on any atom is 0.257 e. The number of thiophene rings is 1. The van der Waals surface area contributed by atoms with E-state index in [1.165, 1.54) is 36.1 Å². The van der Waals surface area contributed by atoms with Crippen molar-refractivity contribution in [1.29, 1.82) is 0 Å². The molecular weight excluding hydrogens is 258 g/mol. The zero-order valence-electron chi connectivity index (χ0n) is 11.4. The highest BCUT2D eigenvalue weighted by atomic mass is 32.1. The molecule has 2 aromatic heterocycles. The lowest BCUT2D eigenvalue weighted by atomic mass is 9.99. The highest BCUT2D eigenvalue weighted by Gasteiger charge is 2.17. The highest BCUT2D eigenvalue weighted by Crippen LogP contribution is 2.35. The van der Waals surface area contributed by atoms with Crippen LogP contribution in [0.2, 0.25) is 0 Å². The first-order valence-electron chi connectivity index (χ1n) is 6.90. The molecule has 4 nitrogen and oxygen atoms in total. The topological polar surface area (TPSA) is 51.0 Å². The van der Waals surface area contributed by atoms with E-state index in [9.17, 15) is 0 Å². The predicted molar refractivity (Wildman–Crippen MR) is 76.2 cm³/mol. The molecule has 2 heterocycles. The summed E-state index contributed by atoms with van der Waals surface area (Å²) in [6.45, 7) is 4.84. The summed E-state index contributed by atoms with van der Waals surface area (Å²) in [6, 6.07) is 2.65. The van der Waals surface area contributed by atoms with Gasteiger partial charge in [0.2, 0.25) is 5.89 Å². The van der Waals surface area contributed by atoms with Crippen LogP contribution in [0, 0.1) is 0 Å². The van der Waals surface area contributed by atoms with Crippen molar-refractivity contribution in [3.05, 3.63) is 22.4 Å². The summed E-state index contributed by atoms with van der Waals surface area (Å²) in [7, 11) is 0. The van der Waals surface area contributed by atoms with Gasteiger partial charge in [0.25, 0.3) is 5.89 Å². The van der Waals surface area contributed by atoms with Crippen molar-refractivity contribution >= 4 is 11.3 Å². The Kier molecular flexibility index (Phi) is 3.66. The van der Waals surface area contributed by atoms with Gasteiger partial charge in [-0.1, -0.05) is 13.8 Å². The fraction of sp³-hybridized carbons (Fsp3) is 0.571. The van der Waals surface area contributed by atoms with E-state index in [4.69, 9.17) is 4.42 Å². The minimum absolute atomic E-state index is 0.421. The smallest absolute Gasteiger partial charge is 0.257 e. The molecule has 3 rings (SSSR count). The zero-order chi connectivity index (χ0) is 13.2. The van der Waals surface area contributed by atoms with Crippen molar-refractivity contribution in [3.8, 4) is 10.8 Å². The van der Waals surface area contributed by atoms with Crippen LogP contribution in [-0.2, 0) is 19.4 Å². The number of nitrogens with zero attached hydrogens (tertiary/aromatic N) is 2. The molecule has 0 saturated carbocycles. The van der Waals surface area contributed by atoms with Crippen LogP contribution in [0.25, 0.3) is 10.8 Å². The van der Waals surface area contributed by atoms with Crippen LogP contribution in [0.3, 0.4) is 0 Å². The summed E-state index contributed by atoms with van der Waals surface area (Å²) in [4.78, 5) is 2.62. The van der Waals surface area contributed by atoms with E-state index in [2.05, 4.69) is 35.4 Å². The molecule has 19 heavy (non-hydrogen) atoms. The third-order valence-corrected chi connectivity index (χ3v) is 4.56. The molecule has 0 fully saturated rings. The van der Waals surface area contributed by atoms with Gasteiger partial charge in [-0.05, 0) is 37.3 Å². The molecular formula is C14H19N3OS.